The van der Waals surface area contributed by atoms with E-state index < -0.39 is 23.4 Å². The lowest BCUT2D eigenvalue weighted by Gasteiger charge is -2.22. The number of halogens is 3. The molecule has 8 heteroatoms. The van der Waals surface area contributed by atoms with Gasteiger partial charge in [-0.1, -0.05) is 0 Å². The topological polar surface area (TPSA) is 42.0 Å². The fraction of sp³-hybridized carbons (Fsp3) is 0.550. The lowest BCUT2D eigenvalue weighted by molar-refractivity contribution is 0.0664. The Balaban J connectivity index is 1.41. The summed E-state index contributed by atoms with van der Waals surface area (Å²) in [5.41, 5.74) is 1.77. The maximum atomic E-state index is 14.2. The van der Waals surface area contributed by atoms with E-state index in [0.717, 1.165) is 69.1 Å². The van der Waals surface area contributed by atoms with Gasteiger partial charge in [0, 0.05) is 55.6 Å². The van der Waals surface area contributed by atoms with Crippen molar-refractivity contribution in [3.63, 3.8) is 0 Å². The molecule has 4 rings (SSSR count). The Morgan fingerprint density at radius 3 is 2.71 bits per heavy atom. The number of H-pyrrole nitrogens is 1. The fourth-order valence-electron chi connectivity index (χ4n) is 4.29. The number of imidazole rings is 1. The summed E-state index contributed by atoms with van der Waals surface area (Å²) >= 11 is 5.39. The molecule has 1 saturated heterocycles. The summed E-state index contributed by atoms with van der Waals surface area (Å²) in [6, 6.07) is 1.81. The molecule has 0 unspecified atom stereocenters. The zero-order valence-corrected chi connectivity index (χ0v) is 16.4. The van der Waals surface area contributed by atoms with Crippen LogP contribution in [-0.2, 0) is 24.1 Å². The fourth-order valence-corrected chi connectivity index (χ4v) is 4.59. The second-order valence-corrected chi connectivity index (χ2v) is 8.02. The van der Waals surface area contributed by atoms with Crippen LogP contribution in [0.5, 0.6) is 0 Å². The minimum absolute atomic E-state index is 0.179. The molecule has 28 heavy (non-hydrogen) atoms. The number of fused-ring (bicyclic) bond motifs is 1. The van der Waals surface area contributed by atoms with Gasteiger partial charge in [-0.25, -0.2) is 13.2 Å². The van der Waals surface area contributed by atoms with E-state index in [2.05, 4.69) is 10.3 Å². The zero-order chi connectivity index (χ0) is 19.7. The molecule has 1 atom stereocenters. The van der Waals surface area contributed by atoms with E-state index >= 15 is 0 Å². The number of aromatic amines is 1. The third kappa shape index (κ3) is 3.90. The van der Waals surface area contributed by atoms with Crippen LogP contribution in [0.3, 0.4) is 0 Å². The quantitative estimate of drug-likeness (QED) is 0.431. The number of rotatable bonds is 6. The maximum Gasteiger partial charge on any atom is 0.177 e. The molecule has 4 nitrogen and oxygen atoms in total. The lowest BCUT2D eigenvalue weighted by atomic mass is 9.95. The van der Waals surface area contributed by atoms with Crippen LogP contribution < -0.4 is 5.32 Å². The molecule has 0 amide bonds. The SMILES string of the molecule is Fc1ccc(F)c([C@H]2Cc3c(CCNCC4CCOCC4)[nH]c(=S)n3C2)c1F. The second kappa shape index (κ2) is 8.39. The van der Waals surface area contributed by atoms with E-state index in [1.165, 1.54) is 0 Å². The van der Waals surface area contributed by atoms with Crippen LogP contribution in [0.4, 0.5) is 13.2 Å². The van der Waals surface area contributed by atoms with Crippen LogP contribution in [-0.4, -0.2) is 35.9 Å². The molecule has 1 aromatic carbocycles. The van der Waals surface area contributed by atoms with Gasteiger partial charge in [-0.15, -0.1) is 0 Å². The van der Waals surface area contributed by atoms with Crippen LogP contribution in [0, 0.1) is 28.1 Å². The number of hydrogen-bond acceptors (Lipinski definition) is 3. The van der Waals surface area contributed by atoms with Crippen LogP contribution in [0.15, 0.2) is 12.1 Å². The summed E-state index contributed by atoms with van der Waals surface area (Å²) in [7, 11) is 0. The summed E-state index contributed by atoms with van der Waals surface area (Å²) in [6.45, 7) is 3.79. The van der Waals surface area contributed by atoms with Gasteiger partial charge in [0.15, 0.2) is 16.4 Å². The molecule has 2 N–H and O–H groups in total. The molecule has 1 aromatic heterocycles. The van der Waals surface area contributed by atoms with Gasteiger partial charge in [0.25, 0.3) is 0 Å². The molecule has 3 heterocycles. The van der Waals surface area contributed by atoms with E-state index in [0.29, 0.717) is 23.7 Å². The van der Waals surface area contributed by atoms with Gasteiger partial charge in [0.05, 0.1) is 0 Å². The van der Waals surface area contributed by atoms with Crippen molar-refractivity contribution in [1.82, 2.24) is 14.9 Å². The van der Waals surface area contributed by atoms with Gasteiger partial charge in [0.1, 0.15) is 5.82 Å². The third-order valence-corrected chi connectivity index (χ3v) is 6.16. The largest absolute Gasteiger partial charge is 0.381 e. The zero-order valence-electron chi connectivity index (χ0n) is 15.6. The molecule has 2 aliphatic rings. The first kappa shape index (κ1) is 19.7. The highest BCUT2D eigenvalue weighted by Crippen LogP contribution is 2.35. The molecule has 0 aliphatic carbocycles. The first-order valence-electron chi connectivity index (χ1n) is 9.77. The van der Waals surface area contributed by atoms with Crippen LogP contribution >= 0.6 is 12.2 Å². The molecular formula is C20H24F3N3OS. The number of aromatic nitrogens is 2. The van der Waals surface area contributed by atoms with Gasteiger partial charge in [-0.3, -0.25) is 0 Å². The van der Waals surface area contributed by atoms with Crippen molar-refractivity contribution in [2.75, 3.05) is 26.3 Å². The van der Waals surface area contributed by atoms with Crippen molar-refractivity contribution in [2.45, 2.75) is 38.1 Å². The average molecular weight is 411 g/mol. The standard InChI is InChI=1S/C20H24F3N3OS/c21-14-1-2-15(22)19(23)18(14)13-9-17-16(25-20(28)26(17)11-13)3-6-24-10-12-4-7-27-8-5-12/h1-2,12-13,24H,3-11H2,(H,25,28)/t13-/m0/s1. The molecule has 2 aromatic rings. The number of benzene rings is 1. The Bertz CT molecular complexity index is 905. The summed E-state index contributed by atoms with van der Waals surface area (Å²) in [6.07, 6.45) is 3.38. The minimum atomic E-state index is -1.09. The summed E-state index contributed by atoms with van der Waals surface area (Å²) in [4.78, 5) is 3.22. The third-order valence-electron chi connectivity index (χ3n) is 5.83. The number of nitrogens with one attached hydrogen (secondary N) is 2. The lowest BCUT2D eigenvalue weighted by Crippen LogP contribution is -2.29. The molecule has 152 valence electrons. The number of ether oxygens (including phenoxy) is 1. The van der Waals surface area contributed by atoms with Crippen LogP contribution in [0.25, 0.3) is 0 Å². The predicted molar refractivity (Wildman–Crippen MR) is 102 cm³/mol. The van der Waals surface area contributed by atoms with Crippen molar-refractivity contribution in [1.29, 1.82) is 0 Å². The Morgan fingerprint density at radius 2 is 1.93 bits per heavy atom. The molecule has 0 radical (unpaired) electrons. The highest BCUT2D eigenvalue weighted by Gasteiger charge is 2.31. The molecule has 0 bridgehead atoms. The predicted octanol–water partition coefficient (Wildman–Crippen LogP) is 3.86. The van der Waals surface area contributed by atoms with Crippen molar-refractivity contribution in [2.24, 2.45) is 5.92 Å². The summed E-state index contributed by atoms with van der Waals surface area (Å²) < 4.78 is 49.8. The summed E-state index contributed by atoms with van der Waals surface area (Å²) in [5.74, 6) is -2.61. The Kier molecular flexibility index (Phi) is 5.89. The van der Waals surface area contributed by atoms with Crippen LogP contribution in [0.2, 0.25) is 0 Å². The van der Waals surface area contributed by atoms with Gasteiger partial charge in [-0.05, 0) is 56.1 Å². The number of hydrogen-bond donors (Lipinski definition) is 2. The molecule has 0 spiro atoms. The van der Waals surface area contributed by atoms with Crippen molar-refractivity contribution >= 4 is 12.2 Å². The Labute approximate surface area is 167 Å². The average Bonchev–Trinajstić information content (AvgIpc) is 3.24. The normalized spacial score (nSPS) is 19.9. The molecule has 0 saturated carbocycles. The smallest absolute Gasteiger partial charge is 0.177 e. The minimum Gasteiger partial charge on any atom is -0.381 e. The Hall–Kier alpha value is -1.64. The molecule has 1 fully saturated rings. The first-order valence-corrected chi connectivity index (χ1v) is 10.2. The first-order chi connectivity index (χ1) is 13.5. The van der Waals surface area contributed by atoms with Gasteiger partial charge in [0.2, 0.25) is 0 Å². The number of nitrogens with zero attached hydrogens (tertiary/aromatic N) is 1. The van der Waals surface area contributed by atoms with Crippen LogP contribution in [0.1, 0.15) is 35.7 Å². The molecule has 2 aliphatic heterocycles. The highest BCUT2D eigenvalue weighted by atomic mass is 32.1. The monoisotopic (exact) mass is 411 g/mol. The maximum absolute atomic E-state index is 14.2. The molecular weight excluding hydrogens is 387 g/mol. The Morgan fingerprint density at radius 1 is 1.18 bits per heavy atom. The van der Waals surface area contributed by atoms with Gasteiger partial charge < -0.3 is 19.6 Å². The van der Waals surface area contributed by atoms with E-state index in [-0.39, 0.29) is 5.56 Å². The summed E-state index contributed by atoms with van der Waals surface area (Å²) in [5, 5.41) is 3.48. The van der Waals surface area contributed by atoms with E-state index in [9.17, 15) is 13.2 Å². The van der Waals surface area contributed by atoms with E-state index in [1.54, 1.807) is 0 Å². The van der Waals surface area contributed by atoms with E-state index in [1.807, 2.05) is 4.57 Å². The highest BCUT2D eigenvalue weighted by molar-refractivity contribution is 7.71. The van der Waals surface area contributed by atoms with Gasteiger partial charge >= 0.3 is 0 Å². The van der Waals surface area contributed by atoms with Gasteiger partial charge in [-0.2, -0.15) is 0 Å². The van der Waals surface area contributed by atoms with Crippen molar-refractivity contribution in [3.05, 3.63) is 51.3 Å². The second-order valence-electron chi connectivity index (χ2n) is 7.63. The van der Waals surface area contributed by atoms with Crippen molar-refractivity contribution in [3.8, 4) is 0 Å². The van der Waals surface area contributed by atoms with Crippen molar-refractivity contribution < 1.29 is 17.9 Å². The van der Waals surface area contributed by atoms with E-state index in [4.69, 9.17) is 17.0 Å².